The van der Waals surface area contributed by atoms with E-state index in [1.807, 2.05) is 65.8 Å². The fraction of sp³-hybridized carbons (Fsp3) is 0.478. The summed E-state index contributed by atoms with van der Waals surface area (Å²) in [7, 11) is 0. The molecular formula is C69H100N4O14S. The van der Waals surface area contributed by atoms with E-state index in [4.69, 9.17) is 24.1 Å². The highest BCUT2D eigenvalue weighted by Gasteiger charge is 2.28. The molecule has 0 saturated carbocycles. The summed E-state index contributed by atoms with van der Waals surface area (Å²) in [6.45, 7) is 34.3. The first-order chi connectivity index (χ1) is 41.2. The van der Waals surface area contributed by atoms with Crippen molar-refractivity contribution in [2.24, 2.45) is 22.7 Å². The topological polar surface area (TPSA) is 252 Å². The minimum atomic E-state index is -1.02. The number of aromatic nitrogens is 3. The summed E-state index contributed by atoms with van der Waals surface area (Å²) >= 11 is 0.981. The summed E-state index contributed by atoms with van der Waals surface area (Å²) in [5.41, 5.74) is 5.01. The number of imidazole rings is 1. The number of aliphatic carboxylic acids is 1. The molecule has 4 N–H and O–H groups in total. The summed E-state index contributed by atoms with van der Waals surface area (Å²) < 4.78 is 26.7. The van der Waals surface area contributed by atoms with Crippen LogP contribution in [-0.2, 0) is 59.0 Å². The van der Waals surface area contributed by atoms with Gasteiger partial charge in [0, 0.05) is 51.8 Å². The van der Waals surface area contributed by atoms with E-state index in [0.29, 0.717) is 23.9 Å². The molecule has 2 heterocycles. The lowest BCUT2D eigenvalue weighted by atomic mass is 9.91. The van der Waals surface area contributed by atoms with Crippen molar-refractivity contribution in [1.29, 1.82) is 0 Å². The van der Waals surface area contributed by atoms with Crippen LogP contribution >= 0.6 is 11.8 Å². The maximum atomic E-state index is 11.8. The summed E-state index contributed by atoms with van der Waals surface area (Å²) in [5, 5.41) is 23.4. The van der Waals surface area contributed by atoms with E-state index in [9.17, 15) is 38.7 Å². The lowest BCUT2D eigenvalue weighted by Crippen LogP contribution is -2.31. The molecule has 6 aromatic rings. The number of aliphatic hydroxyl groups excluding tert-OH is 1. The zero-order valence-electron chi connectivity index (χ0n) is 53.7. The number of thioether (sulfide) groups is 1. The molecule has 4 unspecified atom stereocenters. The van der Waals surface area contributed by atoms with Crippen LogP contribution in [0.15, 0.2) is 133 Å². The molecule has 0 spiro atoms. The van der Waals surface area contributed by atoms with Gasteiger partial charge in [0.15, 0.2) is 5.16 Å². The molecule has 2 aromatic heterocycles. The summed E-state index contributed by atoms with van der Waals surface area (Å²) in [5.74, 6) is -2.26. The first-order valence-corrected chi connectivity index (χ1v) is 30.4. The standard InChI is InChI=1S/C16H21N3O3S.C14H13N.C13H22O5.C10H16O4.C10H14.C5H10O2.CH4/c1-4-16(2,3)13(20)22-10-9-17-15(21)23-14-18-11-7-5-6-8-12(11)19-14;1-2-15-13-9-5-3-7-11(13)12-8-4-6-10-14(12)15;1-6-13(4,5)12(16)18-8-10(14)7-17-11(15)9(2)3;1-4-8(3)10(12)14-7-6-13-9(11)5-2;1-3-9(2)10-7-5-4-6-8-10;1-3-4(2)5(6)7;/h5-8H,4,9-10H2,1-3H3,(H,17,21)(H,18,19);3-10H,2H2,1H3;10,14H,2,6-8H2,1,3-5H3;5,8H,2,4,6-7H2,1,3H3;4-9H,3H2,1-2H3;4H,3H2,1-2H3,(H,6,7);1H4. The number of carbonyl (C=O) groups excluding carboxylic acids is 6. The van der Waals surface area contributed by atoms with Crippen molar-refractivity contribution in [2.45, 2.75) is 160 Å². The number of amides is 1. The monoisotopic (exact) mass is 1240 g/mol. The number of rotatable bonds is 24. The van der Waals surface area contributed by atoms with Crippen molar-refractivity contribution in [3.05, 3.63) is 133 Å². The number of carbonyl (C=O) groups is 7. The van der Waals surface area contributed by atoms with Gasteiger partial charge in [0.05, 0.1) is 40.2 Å². The number of aromatic amines is 1. The maximum Gasteiger partial charge on any atom is 0.333 e. The number of para-hydroxylation sites is 4. The second-order valence-corrected chi connectivity index (χ2v) is 22.6. The normalized spacial score (nSPS) is 11.9. The lowest BCUT2D eigenvalue weighted by molar-refractivity contribution is -0.159. The molecule has 0 fully saturated rings. The highest BCUT2D eigenvalue weighted by Crippen LogP contribution is 2.29. The molecule has 0 saturated heterocycles. The number of carboxylic acids is 1. The van der Waals surface area contributed by atoms with Crippen molar-refractivity contribution in [3.8, 4) is 0 Å². The van der Waals surface area contributed by atoms with Crippen molar-refractivity contribution in [1.82, 2.24) is 19.9 Å². The second-order valence-electron chi connectivity index (χ2n) is 21.6. The second kappa shape index (κ2) is 43.0. The molecule has 18 nitrogen and oxygen atoms in total. The Bertz CT molecular complexity index is 2990. The van der Waals surface area contributed by atoms with E-state index >= 15 is 0 Å². The van der Waals surface area contributed by atoms with Crippen LogP contribution in [0, 0.1) is 22.7 Å². The highest BCUT2D eigenvalue weighted by atomic mass is 32.2. The van der Waals surface area contributed by atoms with E-state index in [-0.39, 0.29) is 87.6 Å². The molecule has 0 aliphatic heterocycles. The molecular weight excluding hydrogens is 1140 g/mol. The SMILES string of the molecule is C.C=C(C)C(=O)OCC(O)COC(=O)C(C)(C)CC.C=CC(=O)OCCOC(=O)C(C)CC.CCC(C)(C)C(=O)OCCNC(=O)Sc1nc2ccccc2[nH]1.CCC(C)C(=O)O.CCC(C)c1ccccc1.CCn1c2ccccc2c2ccccc21. The molecule has 0 radical (unpaired) electrons. The van der Waals surface area contributed by atoms with E-state index < -0.39 is 34.8 Å². The van der Waals surface area contributed by atoms with Gasteiger partial charge in [-0.2, -0.15) is 0 Å². The van der Waals surface area contributed by atoms with Gasteiger partial charge in [-0.05, 0) is 109 Å². The number of aliphatic hydroxyl groups is 1. The van der Waals surface area contributed by atoms with Crippen LogP contribution < -0.4 is 5.32 Å². The summed E-state index contributed by atoms with van der Waals surface area (Å²) in [6, 6.07) is 35.4. The van der Waals surface area contributed by atoms with Crippen LogP contribution in [0.3, 0.4) is 0 Å². The average Bonchev–Trinajstić information content (AvgIpc) is 1.67. The van der Waals surface area contributed by atoms with E-state index in [2.05, 4.69) is 137 Å². The van der Waals surface area contributed by atoms with Crippen molar-refractivity contribution >= 4 is 85.7 Å². The van der Waals surface area contributed by atoms with Crippen LogP contribution in [0.1, 0.15) is 148 Å². The average molecular weight is 1240 g/mol. The zero-order chi connectivity index (χ0) is 65.7. The maximum absolute atomic E-state index is 11.8. The summed E-state index contributed by atoms with van der Waals surface area (Å²) in [4.78, 5) is 85.2. The molecule has 4 aromatic carbocycles. The van der Waals surface area contributed by atoms with Gasteiger partial charge in [0.2, 0.25) is 0 Å². The Kier molecular flexibility index (Phi) is 39.2. The Morgan fingerprint density at radius 1 is 0.670 bits per heavy atom. The number of fused-ring (bicyclic) bond motifs is 4. The molecule has 19 heteroatoms. The quantitative estimate of drug-likeness (QED) is 0.0144. The minimum absolute atomic E-state index is 0. The largest absolute Gasteiger partial charge is 0.481 e. The molecule has 0 bridgehead atoms. The van der Waals surface area contributed by atoms with E-state index in [0.717, 1.165) is 48.3 Å². The van der Waals surface area contributed by atoms with Gasteiger partial charge in [-0.1, -0.05) is 155 Å². The number of hydrogen-bond donors (Lipinski definition) is 4. The van der Waals surface area contributed by atoms with Gasteiger partial charge < -0.3 is 48.8 Å². The Labute approximate surface area is 526 Å². The predicted octanol–water partition coefficient (Wildman–Crippen LogP) is 14.9. The smallest absolute Gasteiger partial charge is 0.333 e. The first kappa shape index (κ1) is 80.2. The molecule has 88 heavy (non-hydrogen) atoms. The highest BCUT2D eigenvalue weighted by molar-refractivity contribution is 8.13. The number of nitrogens with zero attached hydrogens (tertiary/aromatic N) is 2. The number of H-pyrrole nitrogens is 1. The molecule has 486 valence electrons. The van der Waals surface area contributed by atoms with Gasteiger partial charge in [-0.25, -0.2) is 14.6 Å². The van der Waals surface area contributed by atoms with Gasteiger partial charge >= 0.3 is 35.8 Å². The Balaban J connectivity index is 0.00000106. The van der Waals surface area contributed by atoms with E-state index in [1.54, 1.807) is 27.7 Å². The predicted molar refractivity (Wildman–Crippen MR) is 353 cm³/mol. The third-order valence-electron chi connectivity index (χ3n) is 14.0. The number of nitrogens with one attached hydrogen (secondary N) is 2. The number of carboxylic acid groups (broad SMARTS) is 1. The van der Waals surface area contributed by atoms with E-state index in [1.165, 1.54) is 40.7 Å². The van der Waals surface area contributed by atoms with Crippen LogP contribution in [0.25, 0.3) is 32.8 Å². The zero-order valence-corrected chi connectivity index (χ0v) is 54.5. The van der Waals surface area contributed by atoms with Gasteiger partial charge in [-0.3, -0.25) is 24.0 Å². The number of esters is 5. The first-order valence-electron chi connectivity index (χ1n) is 29.6. The number of hydrogen-bond acceptors (Lipinski definition) is 15. The van der Waals surface area contributed by atoms with Gasteiger partial charge in [0.25, 0.3) is 5.24 Å². The molecule has 4 atom stereocenters. The Hall–Kier alpha value is -7.77. The fourth-order valence-corrected chi connectivity index (χ4v) is 7.44. The number of benzene rings is 4. The van der Waals surface area contributed by atoms with Crippen molar-refractivity contribution < 1.29 is 67.5 Å². The Morgan fingerprint density at radius 2 is 1.17 bits per heavy atom. The third kappa shape index (κ3) is 29.8. The Morgan fingerprint density at radius 3 is 1.65 bits per heavy atom. The van der Waals surface area contributed by atoms with Crippen molar-refractivity contribution in [2.75, 3.05) is 39.6 Å². The third-order valence-corrected chi connectivity index (χ3v) is 14.7. The molecule has 0 aliphatic rings. The van der Waals surface area contributed by atoms with Gasteiger partial charge in [-0.15, -0.1) is 0 Å². The van der Waals surface area contributed by atoms with Crippen LogP contribution in [0.4, 0.5) is 4.79 Å². The minimum Gasteiger partial charge on any atom is -0.481 e. The lowest BCUT2D eigenvalue weighted by Gasteiger charge is -2.21. The van der Waals surface area contributed by atoms with Crippen molar-refractivity contribution in [3.63, 3.8) is 0 Å². The van der Waals surface area contributed by atoms with Crippen LogP contribution in [-0.4, -0.2) is 111 Å². The summed E-state index contributed by atoms with van der Waals surface area (Å²) in [6.07, 6.45) is 4.08. The molecule has 6 rings (SSSR count). The fourth-order valence-electron chi connectivity index (χ4n) is 6.78. The van der Waals surface area contributed by atoms with Crippen LogP contribution in [0.5, 0.6) is 0 Å². The van der Waals surface area contributed by atoms with Gasteiger partial charge in [0.1, 0.15) is 39.1 Å². The number of aryl methyl sites for hydroxylation is 1. The van der Waals surface area contributed by atoms with Crippen LogP contribution in [0.2, 0.25) is 0 Å². The number of ether oxygens (including phenoxy) is 5. The molecule has 1 amide bonds. The molecule has 0 aliphatic carbocycles.